The molecule has 1 aromatic carbocycles. The number of para-hydroxylation sites is 1. The number of benzene rings is 1. The van der Waals surface area contributed by atoms with Crippen LogP contribution in [0.3, 0.4) is 0 Å². The van der Waals surface area contributed by atoms with Gasteiger partial charge in [-0.1, -0.05) is 12.1 Å². The number of carbonyl (C=O) groups excluding carboxylic acids is 1. The van der Waals surface area contributed by atoms with E-state index in [1.807, 2.05) is 29.2 Å². The maximum atomic E-state index is 12.8. The maximum absolute atomic E-state index is 12.8. The number of aromatic nitrogens is 1. The molecular formula is C16H18N2O3S2. The molecule has 1 amide bonds. The Morgan fingerprint density at radius 2 is 2.09 bits per heavy atom. The molecule has 23 heavy (non-hydrogen) atoms. The molecular weight excluding hydrogens is 332 g/mol. The second kappa shape index (κ2) is 5.56. The third-order valence-corrected chi connectivity index (χ3v) is 7.62. The normalized spacial score (nSPS) is 26.9. The first-order valence-corrected chi connectivity index (χ1v) is 10.5. The van der Waals surface area contributed by atoms with E-state index in [2.05, 4.69) is 4.98 Å². The molecule has 5 nitrogen and oxygen atoms in total. The van der Waals surface area contributed by atoms with Gasteiger partial charge in [0.2, 0.25) is 5.91 Å². The lowest BCUT2D eigenvalue weighted by Crippen LogP contribution is -2.36. The van der Waals surface area contributed by atoms with E-state index in [9.17, 15) is 13.2 Å². The summed E-state index contributed by atoms with van der Waals surface area (Å²) >= 11 is 1.63. The van der Waals surface area contributed by atoms with Gasteiger partial charge in [0.15, 0.2) is 9.84 Å². The number of thiazole rings is 1. The Kier molecular flexibility index (Phi) is 3.65. The summed E-state index contributed by atoms with van der Waals surface area (Å²) in [5, 5.41) is 0.970. The fourth-order valence-corrected chi connectivity index (χ4v) is 6.39. The minimum atomic E-state index is -3.03. The van der Waals surface area contributed by atoms with E-state index in [1.165, 1.54) is 0 Å². The number of sulfone groups is 1. The monoisotopic (exact) mass is 350 g/mol. The summed E-state index contributed by atoms with van der Waals surface area (Å²) in [7, 11) is -3.03. The first-order valence-electron chi connectivity index (χ1n) is 7.90. The third kappa shape index (κ3) is 2.76. The van der Waals surface area contributed by atoms with Gasteiger partial charge in [-0.15, -0.1) is 11.3 Å². The molecule has 2 saturated heterocycles. The number of nitrogens with zero attached hydrogens (tertiary/aromatic N) is 2. The average molecular weight is 350 g/mol. The number of likely N-dealkylation sites (tertiary alicyclic amines) is 1. The van der Waals surface area contributed by atoms with Crippen LogP contribution in [0.1, 0.15) is 30.3 Å². The van der Waals surface area contributed by atoms with Crippen molar-refractivity contribution in [3.05, 3.63) is 29.3 Å². The molecule has 0 bridgehead atoms. The van der Waals surface area contributed by atoms with Gasteiger partial charge in [-0.3, -0.25) is 4.79 Å². The Hall–Kier alpha value is -1.47. The van der Waals surface area contributed by atoms with Crippen LogP contribution in [0, 0.1) is 5.92 Å². The Balaban J connectivity index is 1.60. The van der Waals surface area contributed by atoms with Crippen molar-refractivity contribution in [2.75, 3.05) is 18.1 Å². The van der Waals surface area contributed by atoms with Gasteiger partial charge in [0.25, 0.3) is 0 Å². The second-order valence-corrected chi connectivity index (χ2v) is 9.60. The third-order valence-electron chi connectivity index (χ3n) is 4.71. The van der Waals surface area contributed by atoms with Crippen molar-refractivity contribution in [2.24, 2.45) is 5.92 Å². The number of carbonyl (C=O) groups is 1. The van der Waals surface area contributed by atoms with Crippen LogP contribution in [-0.2, 0) is 14.6 Å². The van der Waals surface area contributed by atoms with Crippen molar-refractivity contribution in [2.45, 2.75) is 25.3 Å². The number of hydrogen-bond donors (Lipinski definition) is 0. The van der Waals surface area contributed by atoms with Crippen LogP contribution in [0.4, 0.5) is 0 Å². The van der Waals surface area contributed by atoms with Crippen molar-refractivity contribution in [1.29, 1.82) is 0 Å². The fraction of sp³-hybridized carbons (Fsp3) is 0.500. The summed E-state index contributed by atoms with van der Waals surface area (Å²) in [6.07, 6.45) is 2.32. The zero-order chi connectivity index (χ0) is 16.0. The second-order valence-electron chi connectivity index (χ2n) is 6.31. The maximum Gasteiger partial charge on any atom is 0.227 e. The Morgan fingerprint density at radius 3 is 2.83 bits per heavy atom. The molecule has 7 heteroatoms. The van der Waals surface area contributed by atoms with Crippen LogP contribution in [0.25, 0.3) is 10.2 Å². The molecule has 2 aliphatic rings. The highest BCUT2D eigenvalue weighted by molar-refractivity contribution is 7.91. The molecule has 3 heterocycles. The summed E-state index contributed by atoms with van der Waals surface area (Å²) in [4.78, 5) is 19.3. The lowest BCUT2D eigenvalue weighted by Gasteiger charge is -2.25. The van der Waals surface area contributed by atoms with Crippen LogP contribution < -0.4 is 0 Å². The zero-order valence-corrected chi connectivity index (χ0v) is 14.3. The molecule has 1 aromatic heterocycles. The minimum absolute atomic E-state index is 0.00297. The van der Waals surface area contributed by atoms with Crippen LogP contribution in [0.5, 0.6) is 0 Å². The quantitative estimate of drug-likeness (QED) is 0.834. The van der Waals surface area contributed by atoms with E-state index in [4.69, 9.17) is 0 Å². The highest BCUT2D eigenvalue weighted by Crippen LogP contribution is 2.38. The molecule has 0 N–H and O–H groups in total. The molecule has 2 fully saturated rings. The molecule has 122 valence electrons. The molecule has 2 aromatic rings. The van der Waals surface area contributed by atoms with Gasteiger partial charge in [-0.05, 0) is 31.4 Å². The van der Waals surface area contributed by atoms with Gasteiger partial charge in [-0.25, -0.2) is 13.4 Å². The number of hydrogen-bond acceptors (Lipinski definition) is 5. The standard InChI is InChI=1S/C16H18N2O3S2/c19-16(11-7-9-23(20,21)10-11)18-8-3-5-13(18)15-17-12-4-1-2-6-14(12)22-15/h1-2,4,6,11,13H,3,5,7-10H2/t11-,13+/m1/s1. The number of amides is 1. The summed E-state index contributed by atoms with van der Waals surface area (Å²) in [5.41, 5.74) is 0.968. The van der Waals surface area contributed by atoms with Gasteiger partial charge >= 0.3 is 0 Å². The van der Waals surface area contributed by atoms with Gasteiger partial charge in [0, 0.05) is 6.54 Å². The SMILES string of the molecule is O=C([C@@H]1CCS(=O)(=O)C1)N1CCC[C@H]1c1nc2ccccc2s1. The van der Waals surface area contributed by atoms with Gasteiger partial charge in [-0.2, -0.15) is 0 Å². The average Bonchev–Trinajstić information content (AvgIpc) is 3.22. The van der Waals surface area contributed by atoms with Crippen molar-refractivity contribution in [1.82, 2.24) is 9.88 Å². The van der Waals surface area contributed by atoms with E-state index in [-0.39, 0.29) is 29.4 Å². The van der Waals surface area contributed by atoms with Crippen molar-refractivity contribution in [3.63, 3.8) is 0 Å². The largest absolute Gasteiger partial charge is 0.333 e. The molecule has 0 spiro atoms. The molecule has 0 unspecified atom stereocenters. The van der Waals surface area contributed by atoms with Gasteiger partial charge in [0.1, 0.15) is 5.01 Å². The van der Waals surface area contributed by atoms with Crippen molar-refractivity contribution in [3.8, 4) is 0 Å². The summed E-state index contributed by atoms with van der Waals surface area (Å²) in [6, 6.07) is 7.99. The topological polar surface area (TPSA) is 67.3 Å². The van der Waals surface area contributed by atoms with Crippen molar-refractivity contribution < 1.29 is 13.2 Å². The lowest BCUT2D eigenvalue weighted by molar-refractivity contribution is -0.135. The van der Waals surface area contributed by atoms with Gasteiger partial charge < -0.3 is 4.90 Å². The lowest BCUT2D eigenvalue weighted by atomic mass is 10.1. The predicted molar refractivity (Wildman–Crippen MR) is 90.1 cm³/mol. The molecule has 2 atom stereocenters. The van der Waals surface area contributed by atoms with Crippen LogP contribution in [0.15, 0.2) is 24.3 Å². The highest BCUT2D eigenvalue weighted by atomic mass is 32.2. The highest BCUT2D eigenvalue weighted by Gasteiger charge is 2.40. The first kappa shape index (κ1) is 15.1. The summed E-state index contributed by atoms with van der Waals surface area (Å²) in [5.74, 6) is -0.222. The van der Waals surface area contributed by atoms with Gasteiger partial charge in [0.05, 0.1) is 33.7 Å². The Labute approximate surface area is 139 Å². The molecule has 4 rings (SSSR count). The smallest absolute Gasteiger partial charge is 0.227 e. The Morgan fingerprint density at radius 1 is 1.26 bits per heavy atom. The van der Waals surface area contributed by atoms with Crippen LogP contribution in [-0.4, -0.2) is 42.3 Å². The first-order chi connectivity index (χ1) is 11.0. The summed E-state index contributed by atoms with van der Waals surface area (Å²) in [6.45, 7) is 0.704. The van der Waals surface area contributed by atoms with Crippen LogP contribution in [0.2, 0.25) is 0 Å². The molecule has 0 radical (unpaired) electrons. The minimum Gasteiger partial charge on any atom is -0.333 e. The van der Waals surface area contributed by atoms with E-state index >= 15 is 0 Å². The van der Waals surface area contributed by atoms with E-state index < -0.39 is 9.84 Å². The number of fused-ring (bicyclic) bond motifs is 1. The summed E-state index contributed by atoms with van der Waals surface area (Å²) < 4.78 is 24.4. The molecule has 2 aliphatic heterocycles. The van der Waals surface area contributed by atoms with E-state index in [1.54, 1.807) is 11.3 Å². The zero-order valence-electron chi connectivity index (χ0n) is 12.6. The van der Waals surface area contributed by atoms with Crippen LogP contribution >= 0.6 is 11.3 Å². The fourth-order valence-electron chi connectivity index (χ4n) is 3.54. The predicted octanol–water partition coefficient (Wildman–Crippen LogP) is 2.39. The van der Waals surface area contributed by atoms with Crippen molar-refractivity contribution >= 4 is 37.3 Å². The van der Waals surface area contributed by atoms with E-state index in [0.29, 0.717) is 13.0 Å². The number of rotatable bonds is 2. The van der Waals surface area contributed by atoms with E-state index in [0.717, 1.165) is 28.1 Å². The molecule has 0 saturated carbocycles. The molecule has 0 aliphatic carbocycles. The Bertz CT molecular complexity index is 826.